The van der Waals surface area contributed by atoms with Gasteiger partial charge in [-0.1, -0.05) is 19.9 Å². The van der Waals surface area contributed by atoms with Crippen molar-refractivity contribution in [2.24, 2.45) is 0 Å². The van der Waals surface area contributed by atoms with Crippen LogP contribution in [0.4, 0.5) is 4.39 Å². The number of hydrogen-bond donors (Lipinski definition) is 0. The van der Waals surface area contributed by atoms with Gasteiger partial charge in [-0.15, -0.1) is 11.8 Å². The standard InChI is InChI=1S/C9H15B2FS/c1-3-8(2)13-7-5-4-6-9(10,11)12/h2-7H2,1H3. The Bertz CT molecular complexity index is 154. The minimum atomic E-state index is -1.99. The molecule has 0 saturated carbocycles. The van der Waals surface area contributed by atoms with Crippen LogP contribution >= 0.6 is 11.8 Å². The van der Waals surface area contributed by atoms with Gasteiger partial charge in [-0.25, -0.2) is 0 Å². The second-order valence-corrected chi connectivity index (χ2v) is 4.40. The van der Waals surface area contributed by atoms with Crippen LogP contribution in [0.15, 0.2) is 11.5 Å². The van der Waals surface area contributed by atoms with Crippen LogP contribution in [-0.2, 0) is 0 Å². The van der Waals surface area contributed by atoms with Gasteiger partial charge in [0.1, 0.15) is 15.7 Å². The molecule has 0 heterocycles. The van der Waals surface area contributed by atoms with Gasteiger partial charge in [0, 0.05) is 5.47 Å². The summed E-state index contributed by atoms with van der Waals surface area (Å²) in [5, 5.41) is 0. The lowest BCUT2D eigenvalue weighted by Gasteiger charge is -2.14. The number of hydrogen-bond acceptors (Lipinski definition) is 1. The number of rotatable bonds is 7. The first-order chi connectivity index (χ1) is 5.95. The van der Waals surface area contributed by atoms with E-state index in [9.17, 15) is 4.39 Å². The van der Waals surface area contributed by atoms with E-state index in [2.05, 4.69) is 13.5 Å². The second kappa shape index (κ2) is 6.58. The van der Waals surface area contributed by atoms with Crippen molar-refractivity contribution < 1.29 is 4.39 Å². The first kappa shape index (κ1) is 13.1. The summed E-state index contributed by atoms with van der Waals surface area (Å²) in [5.41, 5.74) is -1.99. The Hall–Kier alpha value is 0.150. The molecule has 13 heavy (non-hydrogen) atoms. The summed E-state index contributed by atoms with van der Waals surface area (Å²) in [4.78, 5) is 1.17. The number of allylic oxidation sites excluding steroid dienone is 1. The van der Waals surface area contributed by atoms with E-state index in [1.54, 1.807) is 11.8 Å². The van der Waals surface area contributed by atoms with Gasteiger partial charge in [0.25, 0.3) is 0 Å². The van der Waals surface area contributed by atoms with E-state index in [4.69, 9.17) is 15.7 Å². The molecule has 0 atom stereocenters. The van der Waals surface area contributed by atoms with Gasteiger partial charge in [-0.2, -0.15) is 0 Å². The van der Waals surface area contributed by atoms with Crippen LogP contribution in [0.2, 0.25) is 0 Å². The fourth-order valence-electron chi connectivity index (χ4n) is 0.817. The van der Waals surface area contributed by atoms with Gasteiger partial charge < -0.3 is 0 Å². The average Bonchev–Trinajstić information content (AvgIpc) is 2.01. The van der Waals surface area contributed by atoms with E-state index < -0.39 is 5.47 Å². The first-order valence-corrected chi connectivity index (χ1v) is 5.51. The maximum Gasteiger partial charge on any atom is 0.107 e. The van der Waals surface area contributed by atoms with Crippen LogP contribution in [0.1, 0.15) is 32.6 Å². The third-order valence-electron chi connectivity index (χ3n) is 1.65. The van der Waals surface area contributed by atoms with Crippen LogP contribution in [0.25, 0.3) is 0 Å². The largest absolute Gasteiger partial charge is 0.265 e. The van der Waals surface area contributed by atoms with Gasteiger partial charge in [-0.05, 0) is 29.9 Å². The van der Waals surface area contributed by atoms with Gasteiger partial charge in [0.05, 0.1) is 0 Å². The Morgan fingerprint density at radius 1 is 1.46 bits per heavy atom. The molecule has 0 amide bonds. The summed E-state index contributed by atoms with van der Waals surface area (Å²) < 4.78 is 12.6. The van der Waals surface area contributed by atoms with Crippen LogP contribution in [-0.4, -0.2) is 26.9 Å². The molecule has 0 unspecified atom stereocenters. The number of halogens is 1. The van der Waals surface area contributed by atoms with Crippen molar-refractivity contribution in [3.8, 4) is 0 Å². The summed E-state index contributed by atoms with van der Waals surface area (Å²) in [5.74, 6) is 0.975. The summed E-state index contributed by atoms with van der Waals surface area (Å²) in [6.07, 6.45) is 2.88. The van der Waals surface area contributed by atoms with Gasteiger partial charge in [-0.3, -0.25) is 4.39 Å². The molecule has 0 aliphatic carbocycles. The summed E-state index contributed by atoms with van der Waals surface area (Å²) in [7, 11) is 9.98. The van der Waals surface area contributed by atoms with E-state index in [0.29, 0.717) is 0 Å². The molecular formula is C9H15B2FS. The Morgan fingerprint density at radius 3 is 2.54 bits per heavy atom. The highest BCUT2D eigenvalue weighted by Crippen LogP contribution is 2.19. The number of unbranched alkanes of at least 4 members (excludes halogenated alkanes) is 1. The van der Waals surface area contributed by atoms with Crippen molar-refractivity contribution in [3.63, 3.8) is 0 Å². The van der Waals surface area contributed by atoms with E-state index >= 15 is 0 Å². The molecule has 0 aliphatic rings. The molecule has 70 valence electrons. The van der Waals surface area contributed by atoms with E-state index in [0.717, 1.165) is 25.0 Å². The number of alkyl halides is 1. The lowest BCUT2D eigenvalue weighted by molar-refractivity contribution is 0.360. The summed E-state index contributed by atoms with van der Waals surface area (Å²) in [6.45, 7) is 5.93. The van der Waals surface area contributed by atoms with E-state index in [1.807, 2.05) is 0 Å². The minimum absolute atomic E-state index is 0.228. The Morgan fingerprint density at radius 2 is 2.08 bits per heavy atom. The summed E-state index contributed by atoms with van der Waals surface area (Å²) in [6, 6.07) is 0. The molecule has 0 N–H and O–H groups in total. The molecule has 0 aliphatic heterocycles. The molecule has 0 bridgehead atoms. The lowest BCUT2D eigenvalue weighted by atomic mass is 9.65. The molecule has 4 radical (unpaired) electrons. The zero-order valence-electron chi connectivity index (χ0n) is 8.18. The molecular weight excluding hydrogens is 181 g/mol. The molecule has 0 aromatic heterocycles. The van der Waals surface area contributed by atoms with Crippen molar-refractivity contribution in [1.82, 2.24) is 0 Å². The van der Waals surface area contributed by atoms with Gasteiger partial charge in [0.15, 0.2) is 0 Å². The molecule has 0 aromatic rings. The Kier molecular flexibility index (Phi) is 6.66. The fraction of sp³-hybridized carbons (Fsp3) is 0.778. The Balaban J connectivity index is 3.22. The normalized spacial score (nSPS) is 11.5. The van der Waals surface area contributed by atoms with Crippen LogP contribution in [0.3, 0.4) is 0 Å². The van der Waals surface area contributed by atoms with Gasteiger partial charge in [0.2, 0.25) is 0 Å². The van der Waals surface area contributed by atoms with Crippen LogP contribution < -0.4 is 0 Å². The third-order valence-corrected chi connectivity index (χ3v) is 2.84. The highest BCUT2D eigenvalue weighted by Gasteiger charge is 2.12. The number of thioether (sulfide) groups is 1. The van der Waals surface area contributed by atoms with Crippen LogP contribution in [0, 0.1) is 0 Å². The maximum atomic E-state index is 12.6. The zero-order chi connectivity index (χ0) is 10.3. The molecule has 0 spiro atoms. The SMILES string of the molecule is [B]C([B])(F)CCCCSC(=C)CC. The summed E-state index contributed by atoms with van der Waals surface area (Å²) >= 11 is 1.73. The zero-order valence-corrected chi connectivity index (χ0v) is 9.00. The predicted molar refractivity (Wildman–Crippen MR) is 61.1 cm³/mol. The van der Waals surface area contributed by atoms with E-state index in [1.165, 1.54) is 4.91 Å². The Labute approximate surface area is 87.6 Å². The monoisotopic (exact) mass is 196 g/mol. The lowest BCUT2D eigenvalue weighted by Crippen LogP contribution is -2.22. The quantitative estimate of drug-likeness (QED) is 0.445. The highest BCUT2D eigenvalue weighted by molar-refractivity contribution is 8.03. The van der Waals surface area contributed by atoms with Crippen molar-refractivity contribution in [2.75, 3.05) is 5.75 Å². The van der Waals surface area contributed by atoms with Crippen molar-refractivity contribution in [1.29, 1.82) is 0 Å². The van der Waals surface area contributed by atoms with Gasteiger partial charge >= 0.3 is 0 Å². The maximum absolute atomic E-state index is 12.6. The smallest absolute Gasteiger partial charge is 0.107 e. The fourth-order valence-corrected chi connectivity index (χ4v) is 1.66. The van der Waals surface area contributed by atoms with Crippen molar-refractivity contribution in [2.45, 2.75) is 38.1 Å². The van der Waals surface area contributed by atoms with Crippen molar-refractivity contribution in [3.05, 3.63) is 11.5 Å². The molecule has 4 heteroatoms. The second-order valence-electron chi connectivity index (χ2n) is 3.12. The first-order valence-electron chi connectivity index (χ1n) is 4.53. The molecule has 0 aromatic carbocycles. The third kappa shape index (κ3) is 10.1. The van der Waals surface area contributed by atoms with Crippen LogP contribution in [0.5, 0.6) is 0 Å². The highest BCUT2D eigenvalue weighted by atomic mass is 32.2. The molecule has 0 saturated heterocycles. The van der Waals surface area contributed by atoms with Crippen molar-refractivity contribution >= 4 is 27.5 Å². The topological polar surface area (TPSA) is 0 Å². The molecule has 0 nitrogen and oxygen atoms in total. The average molecular weight is 196 g/mol. The predicted octanol–water partition coefficient (Wildman–Crippen LogP) is 2.77. The molecule has 0 rings (SSSR count). The molecule has 0 fully saturated rings. The van der Waals surface area contributed by atoms with E-state index in [-0.39, 0.29) is 6.42 Å². The minimum Gasteiger partial charge on any atom is -0.265 e.